The van der Waals surface area contributed by atoms with Crippen LogP contribution in [0.1, 0.15) is 24.2 Å². The van der Waals surface area contributed by atoms with E-state index in [1.54, 1.807) is 38.4 Å². The number of fused-ring (bicyclic) bond motifs is 1. The molecule has 0 saturated carbocycles. The molecule has 1 aromatic heterocycles. The first-order valence-corrected chi connectivity index (χ1v) is 5.25. The Morgan fingerprint density at radius 1 is 1.53 bits per heavy atom. The SMILES string of the molecule is C#CC(C)(C)NC(=O)c1ccc2nc[nH]c2c1. The van der Waals surface area contributed by atoms with E-state index in [2.05, 4.69) is 21.2 Å². The predicted octanol–water partition coefficient (Wildman–Crippen LogP) is 1.70. The highest BCUT2D eigenvalue weighted by atomic mass is 16.1. The van der Waals surface area contributed by atoms with Crippen molar-refractivity contribution in [1.82, 2.24) is 15.3 Å². The van der Waals surface area contributed by atoms with Gasteiger partial charge in [0, 0.05) is 5.56 Å². The first-order valence-electron chi connectivity index (χ1n) is 5.25. The second-order valence-corrected chi connectivity index (χ2v) is 4.36. The Hall–Kier alpha value is -2.28. The third kappa shape index (κ3) is 2.28. The Balaban J connectivity index is 2.28. The first-order chi connectivity index (χ1) is 8.02. The van der Waals surface area contributed by atoms with Crippen molar-refractivity contribution >= 4 is 16.9 Å². The number of hydrogen-bond donors (Lipinski definition) is 2. The molecule has 1 aromatic carbocycles. The highest BCUT2D eigenvalue weighted by molar-refractivity contribution is 5.97. The van der Waals surface area contributed by atoms with Crippen LogP contribution in [0.15, 0.2) is 24.5 Å². The molecule has 4 heteroatoms. The van der Waals surface area contributed by atoms with Gasteiger partial charge in [-0.1, -0.05) is 5.92 Å². The Kier molecular flexibility index (Phi) is 2.60. The maximum atomic E-state index is 11.9. The summed E-state index contributed by atoms with van der Waals surface area (Å²) in [6, 6.07) is 5.28. The number of imidazole rings is 1. The first kappa shape index (κ1) is 11.2. The van der Waals surface area contributed by atoms with E-state index in [0.717, 1.165) is 11.0 Å². The Morgan fingerprint density at radius 3 is 3.00 bits per heavy atom. The smallest absolute Gasteiger partial charge is 0.252 e. The van der Waals surface area contributed by atoms with Crippen LogP contribution >= 0.6 is 0 Å². The summed E-state index contributed by atoms with van der Waals surface area (Å²) < 4.78 is 0. The van der Waals surface area contributed by atoms with Gasteiger partial charge in [0.2, 0.25) is 0 Å². The highest BCUT2D eigenvalue weighted by Crippen LogP contribution is 2.12. The van der Waals surface area contributed by atoms with Crippen LogP contribution in [0.5, 0.6) is 0 Å². The molecule has 0 radical (unpaired) electrons. The lowest BCUT2D eigenvalue weighted by molar-refractivity contribution is 0.0930. The zero-order valence-electron chi connectivity index (χ0n) is 9.74. The molecule has 1 heterocycles. The molecule has 17 heavy (non-hydrogen) atoms. The van der Waals surface area contributed by atoms with Crippen molar-refractivity contribution in [2.75, 3.05) is 0 Å². The third-order valence-electron chi connectivity index (χ3n) is 2.47. The number of benzene rings is 1. The van der Waals surface area contributed by atoms with Gasteiger partial charge in [-0.2, -0.15) is 0 Å². The minimum absolute atomic E-state index is 0.190. The van der Waals surface area contributed by atoms with Gasteiger partial charge in [-0.05, 0) is 32.0 Å². The number of nitrogens with zero attached hydrogens (tertiary/aromatic N) is 1. The standard InChI is InChI=1S/C13H13N3O/c1-4-13(2,3)16-12(17)9-5-6-10-11(7-9)15-8-14-10/h1,5-8H,2-3H3,(H,14,15)(H,16,17). The molecule has 2 rings (SSSR count). The number of aromatic nitrogens is 2. The number of amides is 1. The third-order valence-corrected chi connectivity index (χ3v) is 2.47. The molecular formula is C13H13N3O. The Bertz CT molecular complexity index is 604. The molecule has 0 bridgehead atoms. The number of terminal acetylenes is 1. The summed E-state index contributed by atoms with van der Waals surface area (Å²) in [6.45, 7) is 3.55. The molecule has 4 nitrogen and oxygen atoms in total. The number of nitrogens with one attached hydrogen (secondary N) is 2. The molecule has 0 fully saturated rings. The fourth-order valence-electron chi connectivity index (χ4n) is 1.47. The van der Waals surface area contributed by atoms with E-state index in [4.69, 9.17) is 6.42 Å². The van der Waals surface area contributed by atoms with E-state index >= 15 is 0 Å². The van der Waals surface area contributed by atoms with Crippen LogP contribution in [0.3, 0.4) is 0 Å². The summed E-state index contributed by atoms with van der Waals surface area (Å²) in [4.78, 5) is 19.0. The van der Waals surface area contributed by atoms with Crippen molar-refractivity contribution in [3.05, 3.63) is 30.1 Å². The van der Waals surface area contributed by atoms with Gasteiger partial charge >= 0.3 is 0 Å². The van der Waals surface area contributed by atoms with Crippen LogP contribution in [0.25, 0.3) is 11.0 Å². The van der Waals surface area contributed by atoms with Crippen molar-refractivity contribution in [1.29, 1.82) is 0 Å². The van der Waals surface area contributed by atoms with Crippen LogP contribution in [0.4, 0.5) is 0 Å². The number of carbonyl (C=O) groups excluding carboxylic acids is 1. The zero-order chi connectivity index (χ0) is 12.5. The minimum Gasteiger partial charge on any atom is -0.345 e. The van der Waals surface area contributed by atoms with Gasteiger partial charge in [0.05, 0.1) is 22.9 Å². The molecule has 2 N–H and O–H groups in total. The van der Waals surface area contributed by atoms with E-state index in [0.29, 0.717) is 5.56 Å². The highest BCUT2D eigenvalue weighted by Gasteiger charge is 2.18. The van der Waals surface area contributed by atoms with Crippen LogP contribution < -0.4 is 5.32 Å². The second-order valence-electron chi connectivity index (χ2n) is 4.36. The van der Waals surface area contributed by atoms with Crippen molar-refractivity contribution in [2.24, 2.45) is 0 Å². The largest absolute Gasteiger partial charge is 0.345 e. The number of rotatable bonds is 2. The monoisotopic (exact) mass is 227 g/mol. The Morgan fingerprint density at radius 2 is 2.29 bits per heavy atom. The summed E-state index contributed by atoms with van der Waals surface area (Å²) >= 11 is 0. The van der Waals surface area contributed by atoms with E-state index in [9.17, 15) is 4.79 Å². The quantitative estimate of drug-likeness (QED) is 0.767. The fourth-order valence-corrected chi connectivity index (χ4v) is 1.47. The zero-order valence-corrected chi connectivity index (χ0v) is 9.74. The predicted molar refractivity (Wildman–Crippen MR) is 66.5 cm³/mol. The van der Waals surface area contributed by atoms with Crippen molar-refractivity contribution < 1.29 is 4.79 Å². The summed E-state index contributed by atoms with van der Waals surface area (Å²) in [5, 5.41) is 2.77. The van der Waals surface area contributed by atoms with Crippen LogP contribution in [-0.4, -0.2) is 21.4 Å². The van der Waals surface area contributed by atoms with Crippen LogP contribution in [-0.2, 0) is 0 Å². The molecule has 1 amide bonds. The lowest BCUT2D eigenvalue weighted by Gasteiger charge is -2.19. The van der Waals surface area contributed by atoms with E-state index in [1.807, 2.05) is 0 Å². The topological polar surface area (TPSA) is 57.8 Å². The second kappa shape index (κ2) is 3.95. The summed E-state index contributed by atoms with van der Waals surface area (Å²) in [7, 11) is 0. The molecule has 0 aliphatic heterocycles. The molecule has 0 aliphatic rings. The summed E-state index contributed by atoms with van der Waals surface area (Å²) in [5.74, 6) is 2.33. The molecule has 0 unspecified atom stereocenters. The number of carbonyl (C=O) groups is 1. The molecule has 86 valence electrons. The maximum Gasteiger partial charge on any atom is 0.252 e. The van der Waals surface area contributed by atoms with Crippen molar-refractivity contribution in [2.45, 2.75) is 19.4 Å². The van der Waals surface area contributed by atoms with Crippen LogP contribution in [0.2, 0.25) is 0 Å². The Labute approximate surface area is 99.4 Å². The van der Waals surface area contributed by atoms with Gasteiger partial charge < -0.3 is 10.3 Å². The number of hydrogen-bond acceptors (Lipinski definition) is 2. The van der Waals surface area contributed by atoms with E-state index < -0.39 is 5.54 Å². The van der Waals surface area contributed by atoms with Crippen molar-refractivity contribution in [3.8, 4) is 12.3 Å². The maximum absolute atomic E-state index is 11.9. The van der Waals surface area contributed by atoms with Gasteiger partial charge in [0.1, 0.15) is 0 Å². The summed E-state index contributed by atoms with van der Waals surface area (Å²) in [5.41, 5.74) is 1.57. The lowest BCUT2D eigenvalue weighted by atomic mass is 10.1. The van der Waals surface area contributed by atoms with Gasteiger partial charge in [0.25, 0.3) is 5.91 Å². The molecule has 2 aromatic rings. The average molecular weight is 227 g/mol. The normalized spacial score (nSPS) is 11.1. The average Bonchev–Trinajstić information content (AvgIpc) is 2.75. The van der Waals surface area contributed by atoms with E-state index in [-0.39, 0.29) is 5.91 Å². The van der Waals surface area contributed by atoms with Gasteiger partial charge in [-0.25, -0.2) is 4.98 Å². The molecule has 0 saturated heterocycles. The van der Waals surface area contributed by atoms with E-state index in [1.165, 1.54) is 0 Å². The minimum atomic E-state index is -0.653. The van der Waals surface area contributed by atoms with Gasteiger partial charge in [-0.15, -0.1) is 6.42 Å². The van der Waals surface area contributed by atoms with Crippen molar-refractivity contribution in [3.63, 3.8) is 0 Å². The lowest BCUT2D eigenvalue weighted by Crippen LogP contribution is -2.42. The molecule has 0 aliphatic carbocycles. The summed E-state index contributed by atoms with van der Waals surface area (Å²) in [6.07, 6.45) is 6.92. The molecule has 0 spiro atoms. The molecule has 0 atom stereocenters. The number of H-pyrrole nitrogens is 1. The fraction of sp³-hybridized carbons (Fsp3) is 0.231. The molecular weight excluding hydrogens is 214 g/mol. The van der Waals surface area contributed by atoms with Gasteiger partial charge in [0.15, 0.2) is 0 Å². The van der Waals surface area contributed by atoms with Gasteiger partial charge in [-0.3, -0.25) is 4.79 Å². The number of aromatic amines is 1. The van der Waals surface area contributed by atoms with Crippen LogP contribution in [0, 0.1) is 12.3 Å².